The quantitative estimate of drug-likeness (QED) is 0.133. The van der Waals surface area contributed by atoms with Crippen LogP contribution < -0.4 is 20.7 Å². The number of carbonyl (C=O) groups is 4. The van der Waals surface area contributed by atoms with E-state index in [0.717, 1.165) is 44.1 Å². The minimum Gasteiger partial charge on any atom is -0.497 e. The lowest BCUT2D eigenvalue weighted by molar-refractivity contribution is -0.140. The molecular formula is C41H63N5O7S. The summed E-state index contributed by atoms with van der Waals surface area (Å²) in [6.45, 7) is 8.46. The predicted molar refractivity (Wildman–Crippen MR) is 210 cm³/mol. The van der Waals surface area contributed by atoms with Crippen LogP contribution in [0.25, 0.3) is 0 Å². The molecule has 1 saturated heterocycles. The third-order valence-electron chi connectivity index (χ3n) is 10.9. The van der Waals surface area contributed by atoms with Crippen molar-refractivity contribution in [2.75, 3.05) is 40.0 Å². The third-order valence-corrected chi connectivity index (χ3v) is 11.5. The number of morpholine rings is 1. The molecule has 1 aromatic heterocycles. The summed E-state index contributed by atoms with van der Waals surface area (Å²) in [7, 11) is 1.59. The van der Waals surface area contributed by atoms with Crippen LogP contribution >= 0.6 is 11.3 Å². The van der Waals surface area contributed by atoms with Gasteiger partial charge < -0.3 is 35.4 Å². The monoisotopic (exact) mass is 769 g/mol. The van der Waals surface area contributed by atoms with Gasteiger partial charge in [0.15, 0.2) is 0 Å². The van der Waals surface area contributed by atoms with Gasteiger partial charge in [-0.05, 0) is 55.2 Å². The maximum Gasteiger partial charge on any atom is 0.243 e. The van der Waals surface area contributed by atoms with E-state index in [2.05, 4.69) is 27.9 Å². The Bertz CT molecular complexity index is 1430. The molecule has 1 saturated carbocycles. The molecule has 1 aromatic carbocycles. The molecule has 13 heteroatoms. The van der Waals surface area contributed by atoms with Gasteiger partial charge in [0.05, 0.1) is 49.6 Å². The van der Waals surface area contributed by atoms with Crippen LogP contribution in [-0.4, -0.2) is 96.8 Å². The first-order valence-corrected chi connectivity index (χ1v) is 20.9. The molecule has 5 atom stereocenters. The normalized spacial score (nSPS) is 17.9. The predicted octanol–water partition coefficient (Wildman–Crippen LogP) is 4.68. The molecule has 0 radical (unpaired) electrons. The molecule has 300 valence electrons. The summed E-state index contributed by atoms with van der Waals surface area (Å²) in [5, 5.41) is 22.8. The summed E-state index contributed by atoms with van der Waals surface area (Å²) < 4.78 is 10.8. The van der Waals surface area contributed by atoms with Gasteiger partial charge in [-0.25, -0.2) is 4.98 Å². The standard InChI is InChI=1S/C41H63N5O7S/c1-5-6-16-42-40(50)34(28(2)3)25-37(47)35(22-29-10-8-7-9-11-29)44-41(51)36(24-32-26-54-27-43-32)45-39(49)31(21-30-12-14-33(52-4)15-13-30)23-38(48)46-17-19-53-20-18-46/h12-15,26-29,31,34-37,47H,5-11,16-25H2,1-4H3,(H,42,50)(H,44,51)(H,45,49)/t31?,34-,35-,36-,37-/m0/s1. The first-order chi connectivity index (χ1) is 26.1. The molecule has 0 bridgehead atoms. The summed E-state index contributed by atoms with van der Waals surface area (Å²) in [6, 6.07) is 5.79. The van der Waals surface area contributed by atoms with Gasteiger partial charge in [0.2, 0.25) is 23.6 Å². The van der Waals surface area contributed by atoms with E-state index in [1.54, 1.807) is 17.5 Å². The Balaban J connectivity index is 1.56. The van der Waals surface area contributed by atoms with Crippen molar-refractivity contribution in [3.63, 3.8) is 0 Å². The fraction of sp³-hybridized carbons (Fsp3) is 0.683. The van der Waals surface area contributed by atoms with Crippen molar-refractivity contribution in [3.8, 4) is 5.75 Å². The average Bonchev–Trinajstić information content (AvgIpc) is 3.70. The van der Waals surface area contributed by atoms with Crippen molar-refractivity contribution >= 4 is 35.0 Å². The largest absolute Gasteiger partial charge is 0.497 e. The molecule has 2 aromatic rings. The lowest BCUT2D eigenvalue weighted by atomic mass is 9.81. The number of benzene rings is 1. The number of aromatic nitrogens is 1. The number of aliphatic hydroxyl groups excluding tert-OH is 1. The Morgan fingerprint density at radius 2 is 1.72 bits per heavy atom. The van der Waals surface area contributed by atoms with Gasteiger partial charge in [-0.3, -0.25) is 19.2 Å². The fourth-order valence-corrected chi connectivity index (χ4v) is 8.08. The van der Waals surface area contributed by atoms with Crippen LogP contribution in [0.3, 0.4) is 0 Å². The van der Waals surface area contributed by atoms with Gasteiger partial charge in [-0.2, -0.15) is 0 Å². The SMILES string of the molecule is CCCCNC(=O)[C@@H](C[C@H](O)[C@H](CC1CCCCC1)NC(=O)[C@H](Cc1cscn1)NC(=O)C(CC(=O)N1CCOCC1)Cc1ccc(OC)cc1)C(C)C. The molecule has 2 aliphatic rings. The Labute approximate surface area is 325 Å². The molecule has 4 rings (SSSR count). The maximum absolute atomic E-state index is 14.4. The average molecular weight is 770 g/mol. The van der Waals surface area contributed by atoms with Gasteiger partial charge in [0.25, 0.3) is 0 Å². The lowest BCUT2D eigenvalue weighted by Gasteiger charge is -2.33. The highest BCUT2D eigenvalue weighted by Crippen LogP contribution is 2.30. The highest BCUT2D eigenvalue weighted by Gasteiger charge is 2.35. The van der Waals surface area contributed by atoms with E-state index in [1.807, 2.05) is 43.5 Å². The van der Waals surface area contributed by atoms with E-state index in [-0.39, 0.29) is 43.4 Å². The Hall–Kier alpha value is -3.55. The minimum absolute atomic E-state index is 0.00758. The van der Waals surface area contributed by atoms with E-state index >= 15 is 0 Å². The summed E-state index contributed by atoms with van der Waals surface area (Å²) in [5.41, 5.74) is 3.21. The molecule has 2 fully saturated rings. The number of unbranched alkanes of at least 4 members (excludes halogenated alkanes) is 1. The zero-order chi connectivity index (χ0) is 38.9. The van der Waals surface area contributed by atoms with Crippen molar-refractivity contribution in [2.24, 2.45) is 23.7 Å². The molecule has 1 unspecified atom stereocenters. The number of ether oxygens (including phenoxy) is 2. The number of nitrogens with zero attached hydrogens (tertiary/aromatic N) is 2. The minimum atomic E-state index is -1.00. The second-order valence-corrected chi connectivity index (χ2v) is 16.1. The second-order valence-electron chi connectivity index (χ2n) is 15.3. The maximum atomic E-state index is 14.4. The van der Waals surface area contributed by atoms with Gasteiger partial charge in [-0.15, -0.1) is 11.3 Å². The van der Waals surface area contributed by atoms with Crippen LogP contribution in [0.4, 0.5) is 0 Å². The van der Waals surface area contributed by atoms with E-state index < -0.39 is 41.8 Å². The van der Waals surface area contributed by atoms with Crippen LogP contribution in [0, 0.1) is 23.7 Å². The smallest absolute Gasteiger partial charge is 0.243 e. The van der Waals surface area contributed by atoms with Gasteiger partial charge in [0, 0.05) is 43.8 Å². The third kappa shape index (κ3) is 13.9. The number of hydrogen-bond donors (Lipinski definition) is 4. The van der Waals surface area contributed by atoms with Gasteiger partial charge >= 0.3 is 0 Å². The molecule has 0 spiro atoms. The van der Waals surface area contributed by atoms with Crippen molar-refractivity contribution < 1.29 is 33.8 Å². The summed E-state index contributed by atoms with van der Waals surface area (Å²) >= 11 is 1.40. The molecule has 4 N–H and O–H groups in total. The Kier molecular flexibility index (Phi) is 18.2. The molecular weight excluding hydrogens is 707 g/mol. The number of aliphatic hydroxyl groups is 1. The van der Waals surface area contributed by atoms with Crippen molar-refractivity contribution in [2.45, 2.75) is 116 Å². The first kappa shape index (κ1) is 43.2. The van der Waals surface area contributed by atoms with Crippen molar-refractivity contribution in [1.82, 2.24) is 25.8 Å². The van der Waals surface area contributed by atoms with E-state index in [4.69, 9.17) is 9.47 Å². The van der Waals surface area contributed by atoms with Crippen molar-refractivity contribution in [1.29, 1.82) is 0 Å². The Morgan fingerprint density at radius 3 is 2.35 bits per heavy atom. The van der Waals surface area contributed by atoms with E-state index in [9.17, 15) is 24.3 Å². The lowest BCUT2D eigenvalue weighted by Crippen LogP contribution is -2.55. The summed E-state index contributed by atoms with van der Waals surface area (Å²) in [5.74, 6) is -1.20. The number of hydrogen-bond acceptors (Lipinski definition) is 9. The molecule has 54 heavy (non-hydrogen) atoms. The number of nitrogens with one attached hydrogen (secondary N) is 3. The van der Waals surface area contributed by atoms with Crippen LogP contribution in [0.2, 0.25) is 0 Å². The highest BCUT2D eigenvalue weighted by molar-refractivity contribution is 7.07. The number of rotatable bonds is 21. The Morgan fingerprint density at radius 1 is 1.00 bits per heavy atom. The molecule has 1 aliphatic carbocycles. The molecule has 4 amide bonds. The molecule has 12 nitrogen and oxygen atoms in total. The van der Waals surface area contributed by atoms with Crippen LogP contribution in [0.1, 0.15) is 96.2 Å². The zero-order valence-electron chi connectivity index (χ0n) is 32.7. The van der Waals surface area contributed by atoms with E-state index in [1.165, 1.54) is 17.8 Å². The van der Waals surface area contributed by atoms with E-state index in [0.29, 0.717) is 56.6 Å². The zero-order valence-corrected chi connectivity index (χ0v) is 33.5. The van der Waals surface area contributed by atoms with Gasteiger partial charge in [-0.1, -0.05) is 71.4 Å². The number of amides is 4. The topological polar surface area (TPSA) is 159 Å². The summed E-state index contributed by atoms with van der Waals surface area (Å²) in [6.07, 6.45) is 7.53. The number of carbonyl (C=O) groups excluding carboxylic acids is 4. The summed E-state index contributed by atoms with van der Waals surface area (Å²) in [4.78, 5) is 61.5. The van der Waals surface area contributed by atoms with Crippen LogP contribution in [-0.2, 0) is 36.8 Å². The molecule has 2 heterocycles. The van der Waals surface area contributed by atoms with Crippen LogP contribution in [0.15, 0.2) is 35.2 Å². The second kappa shape index (κ2) is 22.7. The highest BCUT2D eigenvalue weighted by atomic mass is 32.1. The van der Waals surface area contributed by atoms with Crippen molar-refractivity contribution in [3.05, 3.63) is 46.4 Å². The van der Waals surface area contributed by atoms with Crippen LogP contribution in [0.5, 0.6) is 5.75 Å². The fourth-order valence-electron chi connectivity index (χ4n) is 7.51. The first-order valence-electron chi connectivity index (χ1n) is 20.0. The number of thiazole rings is 1. The molecule has 1 aliphatic heterocycles. The number of methoxy groups -OCH3 is 1. The van der Waals surface area contributed by atoms with Gasteiger partial charge in [0.1, 0.15) is 11.8 Å².